The highest BCUT2D eigenvalue weighted by molar-refractivity contribution is 6.24. The SMILES string of the molecule is CC(C)c1cc(NC(=O)Nc2ccc(OC(F)(F)F)cc2)c(O)c2c1C[C@H]1C[C@H]3[C@H](N(C)C)C(=O)C(C(N)=O)=C(O)[C@@]3(O)C(=O)C1=C2O. The number of phenols is 1. The van der Waals surface area contributed by atoms with Crippen LogP contribution in [0.2, 0.25) is 0 Å². The third kappa shape index (κ3) is 5.60. The normalized spacial score (nSPS) is 23.9. The zero-order valence-corrected chi connectivity index (χ0v) is 26.1. The van der Waals surface area contributed by atoms with Crippen molar-refractivity contribution in [1.29, 1.82) is 0 Å². The number of hydrogen-bond donors (Lipinski definition) is 7. The molecule has 4 atom stereocenters. The molecule has 3 aliphatic rings. The van der Waals surface area contributed by atoms with Gasteiger partial charge in [0.15, 0.2) is 11.4 Å². The zero-order valence-electron chi connectivity index (χ0n) is 26.1. The average molecular weight is 675 g/mol. The fourth-order valence-corrected chi connectivity index (χ4v) is 6.98. The van der Waals surface area contributed by atoms with Gasteiger partial charge in [0.25, 0.3) is 5.91 Å². The monoisotopic (exact) mass is 674 g/mol. The Labute approximate surface area is 271 Å². The van der Waals surface area contributed by atoms with Gasteiger partial charge in [-0.25, -0.2) is 4.79 Å². The first-order valence-corrected chi connectivity index (χ1v) is 14.7. The highest BCUT2D eigenvalue weighted by atomic mass is 19.4. The van der Waals surface area contributed by atoms with E-state index in [-0.39, 0.29) is 41.3 Å². The molecular formula is C32H33F3N4O9. The first-order chi connectivity index (χ1) is 22.3. The van der Waals surface area contributed by atoms with Crippen molar-refractivity contribution in [2.75, 3.05) is 24.7 Å². The van der Waals surface area contributed by atoms with Gasteiger partial charge >= 0.3 is 12.4 Å². The number of fused-ring (bicyclic) bond motifs is 3. The van der Waals surface area contributed by atoms with Crippen LogP contribution in [0.3, 0.4) is 0 Å². The molecule has 0 saturated heterocycles. The van der Waals surface area contributed by atoms with Crippen LogP contribution in [0.5, 0.6) is 11.5 Å². The minimum atomic E-state index is -4.90. The van der Waals surface area contributed by atoms with Crippen LogP contribution in [0.4, 0.5) is 29.3 Å². The van der Waals surface area contributed by atoms with Crippen LogP contribution in [0.1, 0.15) is 42.9 Å². The average Bonchev–Trinajstić information content (AvgIpc) is 2.96. The number of aliphatic hydroxyl groups excluding tert-OH is 2. The molecule has 13 nitrogen and oxygen atoms in total. The Kier molecular flexibility index (Phi) is 8.46. The number of carbonyl (C=O) groups is 4. The van der Waals surface area contributed by atoms with Gasteiger partial charge in [-0.15, -0.1) is 13.2 Å². The highest BCUT2D eigenvalue weighted by Crippen LogP contribution is 2.54. The van der Waals surface area contributed by atoms with E-state index in [1.54, 1.807) is 0 Å². The number of primary amides is 1. The first kappa shape index (κ1) is 34.3. The number of ketones is 2. The second-order valence-corrected chi connectivity index (χ2v) is 12.5. The largest absolute Gasteiger partial charge is 0.573 e. The van der Waals surface area contributed by atoms with E-state index in [4.69, 9.17) is 5.73 Å². The van der Waals surface area contributed by atoms with E-state index in [0.29, 0.717) is 11.1 Å². The molecule has 0 radical (unpaired) electrons. The predicted octanol–water partition coefficient (Wildman–Crippen LogP) is 3.63. The number of nitrogens with two attached hydrogens (primary N) is 1. The number of Topliss-reactive ketones (excluding diaryl/α,β-unsaturated/α-hetero) is 2. The smallest absolute Gasteiger partial charge is 0.508 e. The molecule has 0 aromatic heterocycles. The summed E-state index contributed by atoms with van der Waals surface area (Å²) in [4.78, 5) is 53.9. The van der Waals surface area contributed by atoms with Crippen molar-refractivity contribution in [3.8, 4) is 11.5 Å². The Bertz CT molecular complexity index is 1800. The lowest BCUT2D eigenvalue weighted by Crippen LogP contribution is -2.65. The van der Waals surface area contributed by atoms with Gasteiger partial charge in [-0.3, -0.25) is 19.3 Å². The summed E-state index contributed by atoms with van der Waals surface area (Å²) in [7, 11) is 3.01. The number of anilines is 2. The van der Waals surface area contributed by atoms with Crippen LogP contribution < -0.4 is 21.1 Å². The topological polar surface area (TPSA) is 212 Å². The number of halogens is 3. The zero-order chi connectivity index (χ0) is 35.6. The Morgan fingerprint density at radius 3 is 2.25 bits per heavy atom. The van der Waals surface area contributed by atoms with Crippen molar-refractivity contribution in [2.24, 2.45) is 17.6 Å². The van der Waals surface area contributed by atoms with Crippen LogP contribution in [-0.4, -0.2) is 80.9 Å². The second-order valence-electron chi connectivity index (χ2n) is 12.5. The van der Waals surface area contributed by atoms with E-state index >= 15 is 0 Å². The van der Waals surface area contributed by atoms with Crippen LogP contribution in [-0.2, 0) is 20.8 Å². The number of amides is 3. The molecule has 0 heterocycles. The van der Waals surface area contributed by atoms with E-state index in [1.165, 1.54) is 25.1 Å². The fraction of sp³-hybridized carbons (Fsp3) is 0.375. The maximum absolute atomic E-state index is 14.1. The molecule has 0 unspecified atom stereocenters. The summed E-state index contributed by atoms with van der Waals surface area (Å²) in [5.74, 6) is -8.73. The Morgan fingerprint density at radius 2 is 1.71 bits per heavy atom. The summed E-state index contributed by atoms with van der Waals surface area (Å²) in [6, 6.07) is 3.63. The van der Waals surface area contributed by atoms with Gasteiger partial charge in [0.2, 0.25) is 5.78 Å². The lowest BCUT2D eigenvalue weighted by molar-refractivity contribution is -0.274. The van der Waals surface area contributed by atoms with Crippen LogP contribution >= 0.6 is 0 Å². The fourth-order valence-electron chi connectivity index (χ4n) is 6.98. The number of carbonyl (C=O) groups excluding carboxylic acids is 4. The number of hydrogen-bond acceptors (Lipinski definition) is 10. The van der Waals surface area contributed by atoms with Crippen molar-refractivity contribution in [1.82, 2.24) is 4.90 Å². The van der Waals surface area contributed by atoms with Gasteiger partial charge in [0.1, 0.15) is 28.6 Å². The number of rotatable bonds is 6. The summed E-state index contributed by atoms with van der Waals surface area (Å²) >= 11 is 0. The van der Waals surface area contributed by atoms with Crippen molar-refractivity contribution in [3.05, 3.63) is 63.9 Å². The molecule has 2 aromatic carbocycles. The van der Waals surface area contributed by atoms with Crippen molar-refractivity contribution in [2.45, 2.75) is 50.6 Å². The van der Waals surface area contributed by atoms with Gasteiger partial charge in [0, 0.05) is 17.2 Å². The minimum absolute atomic E-state index is 0.0639. The number of phenolic OH excluding ortho intramolecular Hbond substituents is 1. The lowest BCUT2D eigenvalue weighted by atomic mass is 9.57. The summed E-state index contributed by atoms with van der Waals surface area (Å²) in [5, 5.41) is 50.6. The number of ether oxygens (including phenoxy) is 1. The molecule has 5 rings (SSSR count). The molecule has 256 valence electrons. The van der Waals surface area contributed by atoms with E-state index in [1.807, 2.05) is 13.8 Å². The molecule has 0 spiro atoms. The minimum Gasteiger partial charge on any atom is -0.508 e. The van der Waals surface area contributed by atoms with E-state index in [0.717, 1.165) is 24.3 Å². The molecule has 1 fully saturated rings. The summed E-state index contributed by atoms with van der Waals surface area (Å²) in [5.41, 5.74) is 1.98. The molecule has 0 aliphatic heterocycles. The maximum atomic E-state index is 14.1. The summed E-state index contributed by atoms with van der Waals surface area (Å²) in [6.45, 7) is 3.64. The number of aliphatic hydroxyl groups is 3. The molecule has 3 amide bonds. The van der Waals surface area contributed by atoms with Crippen LogP contribution in [0.25, 0.3) is 5.76 Å². The number of likely N-dealkylation sites (N-methyl/N-ethyl adjacent to an activating group) is 1. The van der Waals surface area contributed by atoms with E-state index in [2.05, 4.69) is 15.4 Å². The number of urea groups is 1. The van der Waals surface area contributed by atoms with Crippen molar-refractivity contribution in [3.63, 3.8) is 0 Å². The highest BCUT2D eigenvalue weighted by Gasteiger charge is 2.64. The van der Waals surface area contributed by atoms with Gasteiger partial charge in [-0.1, -0.05) is 13.8 Å². The first-order valence-electron chi connectivity index (χ1n) is 14.7. The number of aromatic hydroxyl groups is 1. The Hall–Kier alpha value is -5.09. The molecular weight excluding hydrogens is 641 g/mol. The third-order valence-electron chi connectivity index (χ3n) is 8.97. The number of nitrogens with zero attached hydrogens (tertiary/aromatic N) is 1. The number of benzene rings is 2. The molecule has 8 N–H and O–H groups in total. The Morgan fingerprint density at radius 1 is 1.08 bits per heavy atom. The van der Waals surface area contributed by atoms with Crippen LogP contribution in [0.15, 0.2) is 47.2 Å². The molecule has 48 heavy (non-hydrogen) atoms. The molecule has 2 aromatic rings. The number of nitrogens with one attached hydrogen (secondary N) is 2. The maximum Gasteiger partial charge on any atom is 0.573 e. The Balaban J connectivity index is 1.55. The van der Waals surface area contributed by atoms with E-state index < -0.39 is 81.9 Å². The number of alkyl halides is 3. The molecule has 0 bridgehead atoms. The second kappa shape index (κ2) is 11.9. The van der Waals surface area contributed by atoms with Gasteiger partial charge < -0.3 is 41.5 Å². The predicted molar refractivity (Wildman–Crippen MR) is 164 cm³/mol. The third-order valence-corrected chi connectivity index (χ3v) is 8.97. The quantitative estimate of drug-likeness (QED) is 0.175. The van der Waals surface area contributed by atoms with Crippen molar-refractivity contribution < 1.29 is 57.5 Å². The van der Waals surface area contributed by atoms with E-state index in [9.17, 15) is 52.8 Å². The molecule has 3 aliphatic carbocycles. The van der Waals surface area contributed by atoms with Crippen molar-refractivity contribution >= 4 is 40.6 Å². The summed E-state index contributed by atoms with van der Waals surface area (Å²) in [6.07, 6.45) is -4.92. The van der Waals surface area contributed by atoms with Gasteiger partial charge in [-0.2, -0.15) is 0 Å². The molecule has 16 heteroatoms. The van der Waals surface area contributed by atoms with Crippen LogP contribution in [0, 0.1) is 11.8 Å². The van der Waals surface area contributed by atoms with Gasteiger partial charge in [0.05, 0.1) is 17.3 Å². The molecule has 1 saturated carbocycles. The van der Waals surface area contributed by atoms with Gasteiger partial charge in [-0.05, 0) is 80.2 Å². The standard InChI is InChI=1S/C32H33F3N4O9/c1-12(2)16-11-19(38-30(46)37-14-5-7-15(8-6-14)48-32(33,34)35)24(40)21-17(16)9-13-10-18-23(39(3)4)26(42)22(29(36)45)28(44)31(18,47)27(43)20(13)25(21)41/h5-8,11-13,18,23,40-41,44,47H,9-10H2,1-4H3,(H2,36,45)(H2,37,38,46)/t13-,18-,23-,31-/m0/s1. The summed E-state index contributed by atoms with van der Waals surface area (Å²) < 4.78 is 41.2. The lowest BCUT2D eigenvalue weighted by Gasteiger charge is -2.50.